The van der Waals surface area contributed by atoms with Crippen LogP contribution in [0.1, 0.15) is 35.5 Å². The van der Waals surface area contributed by atoms with Crippen molar-refractivity contribution in [3.8, 4) is 11.3 Å². The van der Waals surface area contributed by atoms with Crippen LogP contribution in [0.15, 0.2) is 64.6 Å². The van der Waals surface area contributed by atoms with Crippen LogP contribution in [0.2, 0.25) is 10.0 Å². The molecular formula is C25H18Cl2O7. The van der Waals surface area contributed by atoms with E-state index in [1.54, 1.807) is 48.5 Å². The number of benzene rings is 2. The molecule has 0 radical (unpaired) electrons. The molecule has 9 heteroatoms. The molecule has 0 amide bonds. The van der Waals surface area contributed by atoms with Gasteiger partial charge in [0.2, 0.25) is 0 Å². The van der Waals surface area contributed by atoms with Crippen molar-refractivity contribution in [2.24, 2.45) is 0 Å². The summed E-state index contributed by atoms with van der Waals surface area (Å²) in [6.07, 6.45) is 1.24. The lowest BCUT2D eigenvalue weighted by molar-refractivity contribution is -0.222. The Hall–Kier alpha value is -3.55. The third-order valence-electron chi connectivity index (χ3n) is 4.82. The number of hydrogen-bond donors (Lipinski definition) is 0. The van der Waals surface area contributed by atoms with Crippen molar-refractivity contribution in [3.63, 3.8) is 0 Å². The summed E-state index contributed by atoms with van der Waals surface area (Å²) in [5.74, 6) is -2.89. The molecule has 3 aromatic rings. The molecule has 0 bridgehead atoms. The number of esters is 3. The first-order valence-corrected chi connectivity index (χ1v) is 10.9. The quantitative estimate of drug-likeness (QED) is 0.247. The van der Waals surface area contributed by atoms with Gasteiger partial charge in [0.15, 0.2) is 0 Å². The van der Waals surface area contributed by atoms with E-state index < -0.39 is 23.7 Å². The molecule has 1 aromatic heterocycles. The summed E-state index contributed by atoms with van der Waals surface area (Å²) in [6.45, 7) is 2.93. The van der Waals surface area contributed by atoms with E-state index >= 15 is 0 Å². The highest BCUT2D eigenvalue weighted by Crippen LogP contribution is 2.30. The van der Waals surface area contributed by atoms with Gasteiger partial charge >= 0.3 is 17.9 Å². The fraction of sp³-hybridized carbons (Fsp3) is 0.160. The first kappa shape index (κ1) is 23.6. The Balaban J connectivity index is 1.48. The largest absolute Gasteiger partial charge is 0.457 e. The van der Waals surface area contributed by atoms with Gasteiger partial charge in [-0.2, -0.15) is 0 Å². The summed E-state index contributed by atoms with van der Waals surface area (Å²) < 4.78 is 21.2. The molecular weight excluding hydrogens is 483 g/mol. The summed E-state index contributed by atoms with van der Waals surface area (Å²) in [7, 11) is 0. The zero-order valence-electron chi connectivity index (χ0n) is 18.1. The van der Waals surface area contributed by atoms with Gasteiger partial charge in [0.25, 0.3) is 5.79 Å². The maximum absolute atomic E-state index is 12.5. The number of carbonyl (C=O) groups excluding carboxylic acids is 3. The SMILES string of the molecule is CC1(C)OC(=O)C(=Cc2ccc(-c3ccc(C(=O)OCc4ccccc4Cl)c(Cl)c3)o2)C(=O)O1. The van der Waals surface area contributed by atoms with E-state index in [2.05, 4.69) is 0 Å². The van der Waals surface area contributed by atoms with Crippen molar-refractivity contribution in [2.75, 3.05) is 0 Å². The van der Waals surface area contributed by atoms with E-state index in [0.29, 0.717) is 21.9 Å². The van der Waals surface area contributed by atoms with E-state index in [4.69, 9.17) is 41.8 Å². The number of furan rings is 1. The second kappa shape index (κ2) is 9.37. The Morgan fingerprint density at radius 1 is 0.971 bits per heavy atom. The zero-order valence-corrected chi connectivity index (χ0v) is 19.6. The third-order valence-corrected chi connectivity index (χ3v) is 5.50. The first-order valence-electron chi connectivity index (χ1n) is 10.1. The highest BCUT2D eigenvalue weighted by atomic mass is 35.5. The molecule has 1 aliphatic rings. The van der Waals surface area contributed by atoms with Gasteiger partial charge in [0, 0.05) is 36.1 Å². The minimum Gasteiger partial charge on any atom is -0.457 e. The standard InChI is InChI=1S/C25H18Cl2O7/c1-25(2)33-23(29)18(24(30)34-25)12-16-8-10-21(32-16)14-7-9-17(20(27)11-14)22(28)31-13-15-5-3-4-6-19(15)26/h3-12H,13H2,1-2H3. The minimum absolute atomic E-state index is 0.00878. The summed E-state index contributed by atoms with van der Waals surface area (Å²) >= 11 is 12.4. The highest BCUT2D eigenvalue weighted by molar-refractivity contribution is 6.34. The van der Waals surface area contributed by atoms with Crippen LogP contribution < -0.4 is 0 Å². The second-order valence-electron chi connectivity index (χ2n) is 7.80. The average Bonchev–Trinajstić information content (AvgIpc) is 3.23. The maximum atomic E-state index is 12.5. The predicted octanol–water partition coefficient (Wildman–Crippen LogP) is 5.83. The van der Waals surface area contributed by atoms with Crippen LogP contribution in [0.4, 0.5) is 0 Å². The molecule has 2 heterocycles. The van der Waals surface area contributed by atoms with Gasteiger partial charge in [-0.1, -0.05) is 47.5 Å². The lowest BCUT2D eigenvalue weighted by Gasteiger charge is -2.29. The van der Waals surface area contributed by atoms with Gasteiger partial charge in [-0.05, 0) is 30.3 Å². The Morgan fingerprint density at radius 3 is 2.35 bits per heavy atom. The van der Waals surface area contributed by atoms with Crippen LogP contribution in [0.3, 0.4) is 0 Å². The van der Waals surface area contributed by atoms with Crippen LogP contribution in [0.5, 0.6) is 0 Å². The number of ether oxygens (including phenoxy) is 3. The Kier molecular flexibility index (Phi) is 6.50. The average molecular weight is 501 g/mol. The Morgan fingerprint density at radius 2 is 1.68 bits per heavy atom. The summed E-state index contributed by atoms with van der Waals surface area (Å²) in [4.78, 5) is 36.7. The summed E-state index contributed by atoms with van der Waals surface area (Å²) in [5, 5.41) is 0.665. The van der Waals surface area contributed by atoms with Gasteiger partial charge in [0.05, 0.1) is 10.6 Å². The minimum atomic E-state index is -1.33. The first-order chi connectivity index (χ1) is 16.1. The fourth-order valence-electron chi connectivity index (χ4n) is 3.18. The molecule has 1 saturated heterocycles. The lowest BCUT2D eigenvalue weighted by Crippen LogP contribution is -2.41. The molecule has 0 spiro atoms. The lowest BCUT2D eigenvalue weighted by atomic mass is 10.1. The number of rotatable bonds is 5. The van der Waals surface area contributed by atoms with Crippen molar-refractivity contribution in [1.82, 2.24) is 0 Å². The van der Waals surface area contributed by atoms with E-state index in [0.717, 1.165) is 0 Å². The molecule has 2 aromatic carbocycles. The van der Waals surface area contributed by atoms with Gasteiger partial charge in [-0.3, -0.25) is 0 Å². The number of cyclic esters (lactones) is 2. The monoisotopic (exact) mass is 500 g/mol. The van der Waals surface area contributed by atoms with Crippen LogP contribution >= 0.6 is 23.2 Å². The molecule has 0 N–H and O–H groups in total. The number of hydrogen-bond acceptors (Lipinski definition) is 7. The smallest absolute Gasteiger partial charge is 0.348 e. The van der Waals surface area contributed by atoms with Crippen molar-refractivity contribution in [3.05, 3.63) is 87.1 Å². The molecule has 0 atom stereocenters. The Labute approximate surface area is 204 Å². The predicted molar refractivity (Wildman–Crippen MR) is 124 cm³/mol. The van der Waals surface area contributed by atoms with Crippen molar-refractivity contribution in [2.45, 2.75) is 26.2 Å². The van der Waals surface area contributed by atoms with Crippen LogP contribution in [-0.2, 0) is 30.4 Å². The number of carbonyl (C=O) groups is 3. The molecule has 1 fully saturated rings. The van der Waals surface area contributed by atoms with Crippen LogP contribution in [0, 0.1) is 0 Å². The summed E-state index contributed by atoms with van der Waals surface area (Å²) in [6, 6.07) is 15.0. The topological polar surface area (TPSA) is 92.0 Å². The van der Waals surface area contributed by atoms with Crippen molar-refractivity contribution in [1.29, 1.82) is 0 Å². The number of halogens is 2. The van der Waals surface area contributed by atoms with E-state index in [1.807, 2.05) is 0 Å². The Bertz CT molecular complexity index is 1300. The van der Waals surface area contributed by atoms with Gasteiger partial charge < -0.3 is 18.6 Å². The van der Waals surface area contributed by atoms with Crippen LogP contribution in [-0.4, -0.2) is 23.7 Å². The third kappa shape index (κ3) is 5.16. The molecule has 4 rings (SSSR count). The molecule has 7 nitrogen and oxygen atoms in total. The van der Waals surface area contributed by atoms with E-state index in [9.17, 15) is 14.4 Å². The fourth-order valence-corrected chi connectivity index (χ4v) is 3.62. The second-order valence-corrected chi connectivity index (χ2v) is 8.62. The summed E-state index contributed by atoms with van der Waals surface area (Å²) in [5.41, 5.74) is 1.15. The molecule has 0 aliphatic carbocycles. The van der Waals surface area contributed by atoms with Gasteiger partial charge in [0.1, 0.15) is 23.7 Å². The highest BCUT2D eigenvalue weighted by Gasteiger charge is 2.39. The molecule has 0 unspecified atom stereocenters. The molecule has 1 aliphatic heterocycles. The van der Waals surface area contributed by atoms with Crippen molar-refractivity contribution < 1.29 is 33.0 Å². The normalized spacial score (nSPS) is 14.9. The molecule has 0 saturated carbocycles. The maximum Gasteiger partial charge on any atom is 0.348 e. The van der Waals surface area contributed by atoms with E-state index in [-0.39, 0.29) is 28.5 Å². The van der Waals surface area contributed by atoms with Gasteiger partial charge in [-0.25, -0.2) is 14.4 Å². The molecule has 174 valence electrons. The van der Waals surface area contributed by atoms with Gasteiger partial charge in [-0.15, -0.1) is 0 Å². The van der Waals surface area contributed by atoms with Crippen LogP contribution in [0.25, 0.3) is 17.4 Å². The van der Waals surface area contributed by atoms with Crippen molar-refractivity contribution >= 4 is 47.2 Å². The zero-order chi connectivity index (χ0) is 24.5. The van der Waals surface area contributed by atoms with E-state index in [1.165, 1.54) is 26.0 Å². The molecule has 34 heavy (non-hydrogen) atoms.